The van der Waals surface area contributed by atoms with Crippen LogP contribution in [0.2, 0.25) is 0 Å². The lowest BCUT2D eigenvalue weighted by molar-refractivity contribution is 0.588. The summed E-state index contributed by atoms with van der Waals surface area (Å²) in [5.74, 6) is 2.47. The van der Waals surface area contributed by atoms with Crippen LogP contribution in [0.15, 0.2) is 18.3 Å². The van der Waals surface area contributed by atoms with Crippen molar-refractivity contribution < 1.29 is 0 Å². The molecule has 0 aliphatic rings. The first-order valence-corrected chi connectivity index (χ1v) is 6.22. The van der Waals surface area contributed by atoms with E-state index in [0.29, 0.717) is 0 Å². The molecule has 96 valence electrons. The van der Waals surface area contributed by atoms with E-state index in [9.17, 15) is 0 Å². The van der Waals surface area contributed by atoms with Gasteiger partial charge in [-0.25, -0.2) is 9.97 Å². The SMILES string of the molecule is CCNC(C)c1cccnc1-n1nc(C)nc1C. The molecule has 0 amide bonds. The number of rotatable bonds is 4. The van der Waals surface area contributed by atoms with E-state index in [-0.39, 0.29) is 6.04 Å². The molecule has 0 aliphatic carbocycles. The first-order chi connectivity index (χ1) is 8.63. The largest absolute Gasteiger partial charge is 0.310 e. The van der Waals surface area contributed by atoms with Gasteiger partial charge in [0.05, 0.1) is 0 Å². The summed E-state index contributed by atoms with van der Waals surface area (Å²) in [4.78, 5) is 8.77. The average Bonchev–Trinajstić information content (AvgIpc) is 2.69. The second-order valence-electron chi connectivity index (χ2n) is 4.31. The number of pyridine rings is 1. The van der Waals surface area contributed by atoms with Gasteiger partial charge in [-0.2, -0.15) is 4.68 Å². The highest BCUT2D eigenvalue weighted by molar-refractivity contribution is 5.35. The third-order valence-electron chi connectivity index (χ3n) is 2.87. The van der Waals surface area contributed by atoms with Crippen molar-refractivity contribution in [2.24, 2.45) is 0 Å². The normalized spacial score (nSPS) is 12.7. The summed E-state index contributed by atoms with van der Waals surface area (Å²) in [5.41, 5.74) is 1.13. The van der Waals surface area contributed by atoms with Crippen molar-refractivity contribution in [2.75, 3.05) is 6.54 Å². The second kappa shape index (κ2) is 5.27. The Bertz CT molecular complexity index is 532. The van der Waals surface area contributed by atoms with Gasteiger partial charge in [-0.15, -0.1) is 5.10 Å². The standard InChI is InChI=1S/C13H19N5/c1-5-14-9(2)12-7-6-8-15-13(12)18-11(4)16-10(3)17-18/h6-9,14H,5H2,1-4H3. The number of hydrogen-bond acceptors (Lipinski definition) is 4. The Morgan fingerprint density at radius 3 is 2.78 bits per heavy atom. The quantitative estimate of drug-likeness (QED) is 0.894. The van der Waals surface area contributed by atoms with Crippen molar-refractivity contribution in [3.63, 3.8) is 0 Å². The summed E-state index contributed by atoms with van der Waals surface area (Å²) in [6.07, 6.45) is 1.79. The molecule has 0 spiro atoms. The first-order valence-electron chi connectivity index (χ1n) is 6.22. The molecule has 1 atom stereocenters. The van der Waals surface area contributed by atoms with Crippen LogP contribution < -0.4 is 5.32 Å². The van der Waals surface area contributed by atoms with E-state index >= 15 is 0 Å². The Hall–Kier alpha value is -1.75. The van der Waals surface area contributed by atoms with E-state index in [2.05, 4.69) is 40.3 Å². The van der Waals surface area contributed by atoms with Gasteiger partial charge in [0.1, 0.15) is 11.6 Å². The van der Waals surface area contributed by atoms with Crippen molar-refractivity contribution in [3.05, 3.63) is 35.5 Å². The van der Waals surface area contributed by atoms with E-state index < -0.39 is 0 Å². The van der Waals surface area contributed by atoms with Crippen molar-refractivity contribution in [3.8, 4) is 5.82 Å². The number of nitrogens with one attached hydrogen (secondary N) is 1. The van der Waals surface area contributed by atoms with Crippen molar-refractivity contribution in [1.82, 2.24) is 25.1 Å². The summed E-state index contributed by atoms with van der Waals surface area (Å²) in [6.45, 7) is 8.97. The topological polar surface area (TPSA) is 55.6 Å². The predicted molar refractivity (Wildman–Crippen MR) is 70.7 cm³/mol. The van der Waals surface area contributed by atoms with Crippen LogP contribution in [0.3, 0.4) is 0 Å². The smallest absolute Gasteiger partial charge is 0.160 e. The minimum Gasteiger partial charge on any atom is -0.310 e. The van der Waals surface area contributed by atoms with E-state index in [1.165, 1.54) is 0 Å². The van der Waals surface area contributed by atoms with Crippen LogP contribution in [0.25, 0.3) is 5.82 Å². The Morgan fingerprint density at radius 1 is 1.39 bits per heavy atom. The third-order valence-corrected chi connectivity index (χ3v) is 2.87. The molecule has 0 aromatic carbocycles. The third kappa shape index (κ3) is 2.41. The molecule has 1 unspecified atom stereocenters. The fourth-order valence-electron chi connectivity index (χ4n) is 2.06. The maximum absolute atomic E-state index is 4.45. The van der Waals surface area contributed by atoms with Gasteiger partial charge in [0, 0.05) is 17.8 Å². The van der Waals surface area contributed by atoms with Crippen molar-refractivity contribution >= 4 is 0 Å². The first kappa shape index (κ1) is 12.7. The Morgan fingerprint density at radius 2 is 2.17 bits per heavy atom. The molecule has 5 heteroatoms. The Balaban J connectivity index is 2.48. The average molecular weight is 245 g/mol. The molecule has 1 N–H and O–H groups in total. The van der Waals surface area contributed by atoms with Gasteiger partial charge in [0.25, 0.3) is 0 Å². The predicted octanol–water partition coefficient (Wildman–Crippen LogP) is 1.95. The molecular weight excluding hydrogens is 226 g/mol. The fraction of sp³-hybridized carbons (Fsp3) is 0.462. The number of hydrogen-bond donors (Lipinski definition) is 1. The molecule has 0 fully saturated rings. The number of aryl methyl sites for hydroxylation is 2. The maximum Gasteiger partial charge on any atom is 0.160 e. The van der Waals surface area contributed by atoms with Gasteiger partial charge in [0.15, 0.2) is 5.82 Å². The minimum atomic E-state index is 0.239. The lowest BCUT2D eigenvalue weighted by Crippen LogP contribution is -2.20. The van der Waals surface area contributed by atoms with Crippen LogP contribution in [0.4, 0.5) is 0 Å². The summed E-state index contributed by atoms with van der Waals surface area (Å²) >= 11 is 0. The highest BCUT2D eigenvalue weighted by atomic mass is 15.4. The molecule has 2 heterocycles. The summed E-state index contributed by atoms with van der Waals surface area (Å²) in [6, 6.07) is 4.26. The zero-order valence-corrected chi connectivity index (χ0v) is 11.3. The van der Waals surface area contributed by atoms with E-state index in [4.69, 9.17) is 0 Å². The van der Waals surface area contributed by atoms with Crippen LogP contribution in [0.5, 0.6) is 0 Å². The molecule has 2 aromatic heterocycles. The van der Waals surface area contributed by atoms with Crippen LogP contribution in [0, 0.1) is 13.8 Å². The maximum atomic E-state index is 4.45. The molecule has 0 radical (unpaired) electrons. The second-order valence-corrected chi connectivity index (χ2v) is 4.31. The highest BCUT2D eigenvalue weighted by Gasteiger charge is 2.14. The van der Waals surface area contributed by atoms with Crippen molar-refractivity contribution in [2.45, 2.75) is 33.7 Å². The van der Waals surface area contributed by atoms with Gasteiger partial charge in [-0.05, 0) is 33.4 Å². The van der Waals surface area contributed by atoms with Gasteiger partial charge in [0.2, 0.25) is 0 Å². The lowest BCUT2D eigenvalue weighted by Gasteiger charge is -2.16. The summed E-state index contributed by atoms with van der Waals surface area (Å²) in [5, 5.41) is 7.80. The number of nitrogens with zero attached hydrogens (tertiary/aromatic N) is 4. The summed E-state index contributed by atoms with van der Waals surface area (Å²) in [7, 11) is 0. The molecular formula is C13H19N5. The Kier molecular flexibility index (Phi) is 3.72. The Labute approximate surface area is 107 Å². The van der Waals surface area contributed by atoms with Gasteiger partial charge < -0.3 is 5.32 Å². The molecule has 5 nitrogen and oxygen atoms in total. The zero-order valence-electron chi connectivity index (χ0n) is 11.3. The van der Waals surface area contributed by atoms with Crippen molar-refractivity contribution in [1.29, 1.82) is 0 Å². The van der Waals surface area contributed by atoms with Crippen LogP contribution >= 0.6 is 0 Å². The molecule has 2 aromatic rings. The number of aromatic nitrogens is 4. The molecule has 0 saturated heterocycles. The van der Waals surface area contributed by atoms with Crippen LogP contribution in [-0.4, -0.2) is 26.3 Å². The lowest BCUT2D eigenvalue weighted by atomic mass is 10.1. The highest BCUT2D eigenvalue weighted by Crippen LogP contribution is 2.19. The molecule has 18 heavy (non-hydrogen) atoms. The van der Waals surface area contributed by atoms with Crippen LogP contribution in [0.1, 0.15) is 37.1 Å². The fourth-order valence-corrected chi connectivity index (χ4v) is 2.06. The molecule has 0 aliphatic heterocycles. The van der Waals surface area contributed by atoms with Gasteiger partial charge in [-0.3, -0.25) is 0 Å². The van der Waals surface area contributed by atoms with E-state index in [1.807, 2.05) is 19.9 Å². The minimum absolute atomic E-state index is 0.239. The van der Waals surface area contributed by atoms with Gasteiger partial charge in [-0.1, -0.05) is 13.0 Å². The van der Waals surface area contributed by atoms with Gasteiger partial charge >= 0.3 is 0 Å². The van der Waals surface area contributed by atoms with E-state index in [1.54, 1.807) is 10.9 Å². The molecule has 2 rings (SSSR count). The summed E-state index contributed by atoms with van der Waals surface area (Å²) < 4.78 is 1.80. The molecule has 0 saturated carbocycles. The molecule has 0 bridgehead atoms. The monoisotopic (exact) mass is 245 g/mol. The zero-order chi connectivity index (χ0) is 13.1. The van der Waals surface area contributed by atoms with Crippen LogP contribution in [-0.2, 0) is 0 Å². The van der Waals surface area contributed by atoms with E-state index in [0.717, 1.165) is 29.6 Å².